The third kappa shape index (κ3) is 5.24. The smallest absolute Gasteiger partial charge is 0.165 e. The maximum Gasteiger partial charge on any atom is 0.165 e. The Labute approximate surface area is 59.4 Å². The molecule has 4 nitrogen and oxygen atoms in total. The van der Waals surface area contributed by atoms with E-state index < -0.39 is 5.97 Å². The van der Waals surface area contributed by atoms with Crippen LogP contribution in [0.25, 0.3) is 0 Å². The molecule has 0 saturated heterocycles. The molecule has 0 heterocycles. The van der Waals surface area contributed by atoms with E-state index in [2.05, 4.69) is 6.72 Å². The van der Waals surface area contributed by atoms with Gasteiger partial charge in [0, 0.05) is 12.4 Å². The first-order valence-corrected chi connectivity index (χ1v) is 3.03. The normalized spacial score (nSPS) is 9.30. The van der Waals surface area contributed by atoms with Crippen molar-refractivity contribution in [3.05, 3.63) is 0 Å². The van der Waals surface area contributed by atoms with Crippen molar-refractivity contribution < 1.29 is 19.6 Å². The molecule has 10 heavy (non-hydrogen) atoms. The maximum absolute atomic E-state index is 9.88. The fourth-order valence-corrected chi connectivity index (χ4v) is 0.503. The Hall–Kier alpha value is -0.900. The van der Waals surface area contributed by atoms with Crippen molar-refractivity contribution >= 4 is 12.7 Å². The highest BCUT2D eigenvalue weighted by Gasteiger charge is 1.97. The van der Waals surface area contributed by atoms with E-state index in [1.807, 2.05) is 0 Å². The van der Waals surface area contributed by atoms with E-state index in [9.17, 15) is 9.90 Å². The molecule has 0 spiro atoms. The topological polar surface area (TPSA) is 63.4 Å². The van der Waals surface area contributed by atoms with Gasteiger partial charge in [-0.3, -0.25) is 0 Å². The molecule has 0 bridgehead atoms. The number of hydrogen-bond acceptors (Lipinski definition) is 3. The van der Waals surface area contributed by atoms with Crippen molar-refractivity contribution in [2.45, 2.75) is 6.42 Å². The van der Waals surface area contributed by atoms with Crippen LogP contribution in [0.5, 0.6) is 0 Å². The number of aliphatic carboxylic acids is 1. The van der Waals surface area contributed by atoms with Crippen LogP contribution < -0.4 is 5.11 Å². The number of rotatable bonds is 5. The fourth-order valence-electron chi connectivity index (χ4n) is 0.503. The van der Waals surface area contributed by atoms with Gasteiger partial charge < -0.3 is 15.0 Å². The van der Waals surface area contributed by atoms with Gasteiger partial charge in [-0.1, -0.05) is 0 Å². The minimum absolute atomic E-state index is 0.00342. The van der Waals surface area contributed by atoms with Gasteiger partial charge in [0.15, 0.2) is 6.54 Å². The van der Waals surface area contributed by atoms with Crippen molar-refractivity contribution in [1.82, 2.24) is 0 Å². The van der Waals surface area contributed by atoms with Crippen LogP contribution in [-0.4, -0.2) is 42.1 Å². The van der Waals surface area contributed by atoms with E-state index in [1.165, 1.54) is 4.58 Å². The Morgan fingerprint density at radius 2 is 2.20 bits per heavy atom. The Morgan fingerprint density at radius 1 is 1.60 bits per heavy atom. The van der Waals surface area contributed by atoms with Gasteiger partial charge in [0.05, 0.1) is 0 Å². The van der Waals surface area contributed by atoms with Gasteiger partial charge in [0.1, 0.15) is 19.9 Å². The van der Waals surface area contributed by atoms with Gasteiger partial charge in [-0.05, 0) is 0 Å². The van der Waals surface area contributed by atoms with E-state index in [0.29, 0.717) is 13.1 Å². The molecule has 0 aromatic heterocycles. The Kier molecular flexibility index (Phi) is 4.49. The summed E-state index contributed by atoms with van der Waals surface area (Å²) >= 11 is 0. The van der Waals surface area contributed by atoms with Crippen LogP contribution in [0.1, 0.15) is 6.42 Å². The van der Waals surface area contributed by atoms with Crippen molar-refractivity contribution in [2.75, 3.05) is 19.7 Å². The van der Waals surface area contributed by atoms with Crippen molar-refractivity contribution in [3.8, 4) is 0 Å². The molecule has 1 N–H and O–H groups in total. The third-order valence-corrected chi connectivity index (χ3v) is 1.05. The highest BCUT2D eigenvalue weighted by atomic mass is 16.4. The predicted octanol–water partition coefficient (Wildman–Crippen LogP) is -2.17. The zero-order valence-electron chi connectivity index (χ0n) is 5.75. The second kappa shape index (κ2) is 4.93. The molecule has 0 rings (SSSR count). The Bertz CT molecular complexity index is 133. The summed E-state index contributed by atoms with van der Waals surface area (Å²) in [5, 5.41) is 18.2. The molecular formula is C6H11NO3. The van der Waals surface area contributed by atoms with Crippen LogP contribution in [0, 0.1) is 0 Å². The number of carbonyl (C=O) groups excluding carboxylic acids is 1. The number of aliphatic hydroxyl groups is 1. The lowest BCUT2D eigenvalue weighted by molar-refractivity contribution is -0.522. The minimum Gasteiger partial charge on any atom is -0.550 e. The van der Waals surface area contributed by atoms with Gasteiger partial charge in [0.2, 0.25) is 0 Å². The second-order valence-corrected chi connectivity index (χ2v) is 1.96. The van der Waals surface area contributed by atoms with Crippen molar-refractivity contribution in [1.29, 1.82) is 0 Å². The average molecular weight is 145 g/mol. The van der Waals surface area contributed by atoms with Gasteiger partial charge in [-0.15, -0.1) is 0 Å². The van der Waals surface area contributed by atoms with Crippen molar-refractivity contribution in [2.24, 2.45) is 0 Å². The predicted molar refractivity (Wildman–Crippen MR) is 33.8 cm³/mol. The molecule has 0 aliphatic rings. The highest BCUT2D eigenvalue weighted by molar-refractivity contribution is 5.64. The zero-order chi connectivity index (χ0) is 7.98. The van der Waals surface area contributed by atoms with E-state index in [0.717, 1.165) is 0 Å². The van der Waals surface area contributed by atoms with E-state index in [1.54, 1.807) is 0 Å². The summed E-state index contributed by atoms with van der Waals surface area (Å²) < 4.78 is 1.48. The first kappa shape index (κ1) is 9.10. The summed E-state index contributed by atoms with van der Waals surface area (Å²) in [5.41, 5.74) is 0. The first-order valence-electron chi connectivity index (χ1n) is 3.03. The van der Waals surface area contributed by atoms with Crippen molar-refractivity contribution in [3.63, 3.8) is 0 Å². The van der Waals surface area contributed by atoms with Gasteiger partial charge in [-0.2, -0.15) is 0 Å². The third-order valence-electron chi connectivity index (χ3n) is 1.05. The molecule has 0 atom stereocenters. The summed E-state index contributed by atoms with van der Waals surface area (Å²) in [4.78, 5) is 9.88. The molecule has 0 radical (unpaired) electrons. The highest BCUT2D eigenvalue weighted by Crippen LogP contribution is 1.77. The molecule has 0 aromatic carbocycles. The van der Waals surface area contributed by atoms with Gasteiger partial charge in [-0.25, -0.2) is 4.58 Å². The van der Waals surface area contributed by atoms with Crippen LogP contribution >= 0.6 is 0 Å². The molecule has 0 unspecified atom stereocenters. The lowest BCUT2D eigenvalue weighted by Gasteiger charge is -1.99. The number of carbonyl (C=O) groups is 1. The quantitative estimate of drug-likeness (QED) is 0.354. The van der Waals surface area contributed by atoms with E-state index in [-0.39, 0.29) is 13.0 Å². The lowest BCUT2D eigenvalue weighted by atomic mass is 10.4. The summed E-state index contributed by atoms with van der Waals surface area (Å²) in [7, 11) is 0. The number of aliphatic hydroxyl groups excluding tert-OH is 1. The largest absolute Gasteiger partial charge is 0.550 e. The number of carboxylic acids is 1. The van der Waals surface area contributed by atoms with Crippen LogP contribution in [0.2, 0.25) is 0 Å². The Balaban J connectivity index is 3.30. The van der Waals surface area contributed by atoms with E-state index >= 15 is 0 Å². The van der Waals surface area contributed by atoms with Crippen LogP contribution in [0.3, 0.4) is 0 Å². The summed E-state index contributed by atoms with van der Waals surface area (Å²) in [6.07, 6.45) is -0.0382. The maximum atomic E-state index is 9.88. The molecule has 0 amide bonds. The Morgan fingerprint density at radius 3 is 2.60 bits per heavy atom. The molecule has 0 aliphatic carbocycles. The van der Waals surface area contributed by atoms with Crippen LogP contribution in [-0.2, 0) is 4.79 Å². The number of hydrogen-bond donors (Lipinski definition) is 1. The summed E-state index contributed by atoms with van der Waals surface area (Å²) in [6.45, 7) is 4.20. The lowest BCUT2D eigenvalue weighted by Crippen LogP contribution is -2.27. The summed E-state index contributed by atoms with van der Waals surface area (Å²) in [5.74, 6) is -1.09. The molecule has 58 valence electrons. The van der Waals surface area contributed by atoms with E-state index in [4.69, 9.17) is 5.11 Å². The monoisotopic (exact) mass is 145 g/mol. The second-order valence-electron chi connectivity index (χ2n) is 1.96. The first-order chi connectivity index (χ1) is 4.66. The summed E-state index contributed by atoms with van der Waals surface area (Å²) in [6, 6.07) is 0. The molecule has 0 aliphatic heterocycles. The molecule has 0 aromatic rings. The van der Waals surface area contributed by atoms with Gasteiger partial charge >= 0.3 is 0 Å². The van der Waals surface area contributed by atoms with Gasteiger partial charge in [0.25, 0.3) is 0 Å². The molecule has 4 heteroatoms. The number of nitrogens with zero attached hydrogens (tertiary/aromatic N) is 1. The van der Waals surface area contributed by atoms with Crippen LogP contribution in [0.4, 0.5) is 0 Å². The van der Waals surface area contributed by atoms with Crippen LogP contribution in [0.15, 0.2) is 0 Å². The fraction of sp³-hybridized carbons (Fsp3) is 0.667. The minimum atomic E-state index is -1.09. The molecule has 0 saturated carbocycles. The SMILES string of the molecule is C=[N+](CCO)CCC(=O)[O-]. The average Bonchev–Trinajstić information content (AvgIpc) is 1.85. The molecule has 0 fully saturated rings. The zero-order valence-corrected chi connectivity index (χ0v) is 5.75. The molecular weight excluding hydrogens is 134 g/mol. The standard InChI is InChI=1S/C6H11NO3/c1-7(4-5-8)3-2-6(9)10/h8H,1-5H2. The number of carboxylic acid groups (broad SMARTS) is 1.